The average Bonchev–Trinajstić information content (AvgIpc) is 2.42. The Bertz CT molecular complexity index is 546. The molecule has 0 bridgehead atoms. The zero-order valence-corrected chi connectivity index (χ0v) is 13.9. The highest BCUT2D eigenvalue weighted by Gasteiger charge is 2.14. The number of halogens is 1. The Morgan fingerprint density at radius 3 is 2.62 bits per heavy atom. The fourth-order valence-corrected chi connectivity index (χ4v) is 3.06. The van der Waals surface area contributed by atoms with Crippen molar-refractivity contribution in [3.63, 3.8) is 0 Å². The Labute approximate surface area is 131 Å². The number of benzene rings is 1. The van der Waals surface area contributed by atoms with Crippen LogP contribution in [0, 0.1) is 0 Å². The van der Waals surface area contributed by atoms with E-state index in [9.17, 15) is 8.42 Å². The van der Waals surface area contributed by atoms with Crippen LogP contribution in [-0.2, 0) is 21.4 Å². The van der Waals surface area contributed by atoms with Gasteiger partial charge in [0.2, 0.25) is 10.0 Å². The van der Waals surface area contributed by atoms with E-state index in [-0.39, 0.29) is 22.6 Å². The molecule has 0 atom stereocenters. The van der Waals surface area contributed by atoms with Crippen molar-refractivity contribution < 1.29 is 18.3 Å². The molecule has 0 aromatic heterocycles. The van der Waals surface area contributed by atoms with E-state index >= 15 is 0 Å². The fourth-order valence-electron chi connectivity index (χ4n) is 1.66. The molecule has 0 unspecified atom stereocenters. The number of hydrogen-bond acceptors (Lipinski definition) is 4. The molecular weight excluding hydrogens is 314 g/mol. The Kier molecular flexibility index (Phi) is 7.62. The monoisotopic (exact) mass is 335 g/mol. The Balaban J connectivity index is 2.48. The Hall–Kier alpha value is -0.660. The summed E-state index contributed by atoms with van der Waals surface area (Å²) in [5.41, 5.74) is 0.501. The van der Waals surface area contributed by atoms with Crippen LogP contribution in [0.5, 0.6) is 0 Å². The van der Waals surface area contributed by atoms with Crippen LogP contribution >= 0.6 is 11.6 Å². The third-order valence-corrected chi connectivity index (χ3v) is 4.63. The molecule has 0 fully saturated rings. The molecular formula is C14H22ClNO4S. The summed E-state index contributed by atoms with van der Waals surface area (Å²) in [6.45, 7) is 4.67. The highest BCUT2D eigenvalue weighted by molar-refractivity contribution is 7.89. The topological polar surface area (TPSA) is 75.6 Å². The zero-order valence-electron chi connectivity index (χ0n) is 12.3. The van der Waals surface area contributed by atoms with Gasteiger partial charge in [0.25, 0.3) is 0 Å². The van der Waals surface area contributed by atoms with Gasteiger partial charge >= 0.3 is 0 Å². The Morgan fingerprint density at radius 2 is 2.05 bits per heavy atom. The second-order valence-corrected chi connectivity index (χ2v) is 7.11. The number of hydrogen-bond donors (Lipinski definition) is 2. The van der Waals surface area contributed by atoms with Gasteiger partial charge in [-0.3, -0.25) is 0 Å². The lowest BCUT2D eigenvalue weighted by atomic mass is 10.2. The minimum atomic E-state index is -3.57. The molecule has 0 aliphatic heterocycles. The molecule has 1 aromatic rings. The maximum atomic E-state index is 12.1. The van der Waals surface area contributed by atoms with Gasteiger partial charge in [0.15, 0.2) is 0 Å². The molecule has 0 amide bonds. The first-order valence-corrected chi connectivity index (χ1v) is 8.73. The van der Waals surface area contributed by atoms with E-state index in [0.717, 1.165) is 6.42 Å². The third-order valence-electron chi connectivity index (χ3n) is 2.82. The molecule has 0 spiro atoms. The van der Waals surface area contributed by atoms with E-state index in [0.29, 0.717) is 25.1 Å². The summed E-state index contributed by atoms with van der Waals surface area (Å²) < 4.78 is 32.0. The van der Waals surface area contributed by atoms with Gasteiger partial charge in [-0.25, -0.2) is 13.1 Å². The van der Waals surface area contributed by atoms with Crippen molar-refractivity contribution in [1.82, 2.24) is 4.72 Å². The van der Waals surface area contributed by atoms with Crippen molar-refractivity contribution in [2.45, 2.75) is 44.3 Å². The van der Waals surface area contributed by atoms with Gasteiger partial charge in [0, 0.05) is 18.2 Å². The average molecular weight is 336 g/mol. The van der Waals surface area contributed by atoms with E-state index in [4.69, 9.17) is 21.4 Å². The molecule has 0 aliphatic carbocycles. The molecule has 5 nitrogen and oxygen atoms in total. The molecule has 0 heterocycles. The first kappa shape index (κ1) is 18.4. The summed E-state index contributed by atoms with van der Waals surface area (Å²) in [5.74, 6) is 0. The number of ether oxygens (including phenoxy) is 1. The predicted octanol–water partition coefficient (Wildman–Crippen LogP) is 2.32. The fraction of sp³-hybridized carbons (Fsp3) is 0.571. The van der Waals surface area contributed by atoms with Crippen LogP contribution in [0.3, 0.4) is 0 Å². The van der Waals surface area contributed by atoms with Crippen molar-refractivity contribution in [3.8, 4) is 0 Å². The summed E-state index contributed by atoms with van der Waals surface area (Å²) in [6, 6.07) is 4.28. The van der Waals surface area contributed by atoms with Gasteiger partial charge in [-0.15, -0.1) is 0 Å². The number of sulfonamides is 1. The first-order valence-electron chi connectivity index (χ1n) is 6.87. The number of unbranched alkanes of at least 4 members (excludes halogenated alkanes) is 1. The molecule has 1 aromatic carbocycles. The van der Waals surface area contributed by atoms with Gasteiger partial charge in [0.05, 0.1) is 17.6 Å². The summed E-state index contributed by atoms with van der Waals surface area (Å²) in [7, 11) is -3.57. The lowest BCUT2D eigenvalue weighted by Gasteiger charge is -2.09. The molecule has 7 heteroatoms. The number of aliphatic hydroxyl groups excluding tert-OH is 1. The molecule has 0 aliphatic rings. The SMILES string of the molecule is CC(C)OCCCCNS(=O)(=O)c1ccc(CO)c(Cl)c1. The molecule has 120 valence electrons. The van der Waals surface area contributed by atoms with Crippen molar-refractivity contribution in [3.05, 3.63) is 28.8 Å². The van der Waals surface area contributed by atoms with Crippen molar-refractivity contribution in [2.75, 3.05) is 13.2 Å². The molecule has 21 heavy (non-hydrogen) atoms. The van der Waals surface area contributed by atoms with Gasteiger partial charge in [0.1, 0.15) is 0 Å². The predicted molar refractivity (Wildman–Crippen MR) is 82.9 cm³/mol. The first-order chi connectivity index (χ1) is 9.86. The number of aliphatic hydroxyl groups is 1. The van der Waals surface area contributed by atoms with Crippen LogP contribution < -0.4 is 4.72 Å². The lowest BCUT2D eigenvalue weighted by Crippen LogP contribution is -2.25. The maximum Gasteiger partial charge on any atom is 0.240 e. The van der Waals surface area contributed by atoms with Crippen molar-refractivity contribution in [2.24, 2.45) is 0 Å². The number of rotatable bonds is 9. The van der Waals surface area contributed by atoms with E-state index in [1.165, 1.54) is 18.2 Å². The van der Waals surface area contributed by atoms with Crippen molar-refractivity contribution in [1.29, 1.82) is 0 Å². The summed E-state index contributed by atoms with van der Waals surface area (Å²) >= 11 is 5.90. The van der Waals surface area contributed by atoms with Gasteiger partial charge in [-0.1, -0.05) is 17.7 Å². The summed E-state index contributed by atoms with van der Waals surface area (Å²) in [5, 5.41) is 9.25. The minimum Gasteiger partial charge on any atom is -0.392 e. The molecule has 0 radical (unpaired) electrons. The van der Waals surface area contributed by atoms with Crippen LogP contribution in [0.4, 0.5) is 0 Å². The second-order valence-electron chi connectivity index (χ2n) is 4.94. The van der Waals surface area contributed by atoms with E-state index in [2.05, 4.69) is 4.72 Å². The Morgan fingerprint density at radius 1 is 1.33 bits per heavy atom. The highest BCUT2D eigenvalue weighted by atomic mass is 35.5. The standard InChI is InChI=1S/C14H22ClNO4S/c1-11(2)20-8-4-3-7-16-21(18,19)13-6-5-12(10-17)14(15)9-13/h5-6,9,11,16-17H,3-4,7-8,10H2,1-2H3. The summed E-state index contributed by atoms with van der Waals surface area (Å²) in [6.07, 6.45) is 1.69. The van der Waals surface area contributed by atoms with Gasteiger partial charge in [-0.05, 0) is 44.4 Å². The smallest absolute Gasteiger partial charge is 0.240 e. The van der Waals surface area contributed by atoms with Crippen LogP contribution in [0.1, 0.15) is 32.3 Å². The normalized spacial score (nSPS) is 12.0. The van der Waals surface area contributed by atoms with E-state index in [1.807, 2.05) is 13.8 Å². The van der Waals surface area contributed by atoms with Crippen LogP contribution in [0.15, 0.2) is 23.1 Å². The quantitative estimate of drug-likeness (QED) is 0.679. The molecule has 0 saturated carbocycles. The van der Waals surface area contributed by atoms with Gasteiger partial charge in [-0.2, -0.15) is 0 Å². The minimum absolute atomic E-state index is 0.100. The zero-order chi connectivity index (χ0) is 15.9. The molecule has 2 N–H and O–H groups in total. The summed E-state index contributed by atoms with van der Waals surface area (Å²) in [4.78, 5) is 0.100. The second kappa shape index (κ2) is 8.70. The highest BCUT2D eigenvalue weighted by Crippen LogP contribution is 2.20. The van der Waals surface area contributed by atoms with Crippen molar-refractivity contribution >= 4 is 21.6 Å². The van der Waals surface area contributed by atoms with Gasteiger partial charge < -0.3 is 9.84 Å². The molecule has 0 saturated heterocycles. The molecule has 1 rings (SSSR count). The van der Waals surface area contributed by atoms with Crippen LogP contribution in [-0.4, -0.2) is 32.8 Å². The van der Waals surface area contributed by atoms with Crippen LogP contribution in [0.2, 0.25) is 5.02 Å². The van der Waals surface area contributed by atoms with Crippen LogP contribution in [0.25, 0.3) is 0 Å². The largest absolute Gasteiger partial charge is 0.392 e. The third kappa shape index (κ3) is 6.32. The lowest BCUT2D eigenvalue weighted by molar-refractivity contribution is 0.0762. The maximum absolute atomic E-state index is 12.1. The van der Waals surface area contributed by atoms with E-state index in [1.54, 1.807) is 0 Å². The number of nitrogens with one attached hydrogen (secondary N) is 1. The van der Waals surface area contributed by atoms with E-state index < -0.39 is 10.0 Å².